The Morgan fingerprint density at radius 3 is 2.48 bits per heavy atom. The van der Waals surface area contributed by atoms with E-state index in [9.17, 15) is 9.59 Å². The van der Waals surface area contributed by atoms with Crippen molar-refractivity contribution < 1.29 is 4.79 Å². The summed E-state index contributed by atoms with van der Waals surface area (Å²) in [6.07, 6.45) is 0.960. The molecule has 0 bridgehead atoms. The van der Waals surface area contributed by atoms with Gasteiger partial charge in [-0.1, -0.05) is 67.6 Å². The molecule has 0 saturated carbocycles. The second-order valence-corrected chi connectivity index (χ2v) is 6.84. The Morgan fingerprint density at radius 2 is 1.69 bits per heavy atom. The summed E-state index contributed by atoms with van der Waals surface area (Å²) in [4.78, 5) is 24.8. The van der Waals surface area contributed by atoms with E-state index >= 15 is 0 Å². The second-order valence-electron chi connectivity index (χ2n) is 6.84. The zero-order valence-corrected chi connectivity index (χ0v) is 16.1. The Morgan fingerprint density at radius 1 is 0.931 bits per heavy atom. The minimum Gasteiger partial charge on any atom is -0.324 e. The highest BCUT2D eigenvalue weighted by molar-refractivity contribution is 6.01. The number of benzene rings is 3. The molecule has 0 aliphatic rings. The molecule has 3 aromatic carbocycles. The lowest BCUT2D eigenvalue weighted by molar-refractivity contribution is -0.117. The van der Waals surface area contributed by atoms with Gasteiger partial charge in [0.1, 0.15) is 6.54 Å². The summed E-state index contributed by atoms with van der Waals surface area (Å²) >= 11 is 0. The first kappa shape index (κ1) is 18.6. The molecule has 0 radical (unpaired) electrons. The van der Waals surface area contributed by atoms with Crippen molar-refractivity contribution in [3.05, 3.63) is 94.8 Å². The van der Waals surface area contributed by atoms with Gasteiger partial charge >= 0.3 is 0 Å². The van der Waals surface area contributed by atoms with E-state index < -0.39 is 0 Å². The first-order valence-corrected chi connectivity index (χ1v) is 9.59. The molecule has 4 aromatic rings. The molecule has 1 aromatic heterocycles. The molecule has 5 nitrogen and oxygen atoms in total. The summed E-state index contributed by atoms with van der Waals surface area (Å²) in [5, 5.41) is 9.27. The minimum absolute atomic E-state index is 0.150. The van der Waals surface area contributed by atoms with E-state index in [0.717, 1.165) is 22.8 Å². The molecule has 4 rings (SSSR count). The van der Waals surface area contributed by atoms with Gasteiger partial charge in [0.05, 0.1) is 5.69 Å². The monoisotopic (exact) mass is 383 g/mol. The number of hydrogen-bond acceptors (Lipinski definition) is 3. The van der Waals surface area contributed by atoms with Crippen molar-refractivity contribution in [2.24, 2.45) is 0 Å². The van der Waals surface area contributed by atoms with Crippen molar-refractivity contribution in [1.29, 1.82) is 0 Å². The molecular weight excluding hydrogens is 362 g/mol. The fraction of sp³-hybridized carbons (Fsp3) is 0.125. The highest BCUT2D eigenvalue weighted by atomic mass is 16.2. The molecule has 0 saturated heterocycles. The number of hydrogen-bond donors (Lipinski definition) is 1. The molecule has 1 amide bonds. The van der Waals surface area contributed by atoms with Gasteiger partial charge < -0.3 is 5.32 Å². The van der Waals surface area contributed by atoms with Crippen molar-refractivity contribution >= 4 is 22.4 Å². The van der Waals surface area contributed by atoms with Crippen LogP contribution in [0.2, 0.25) is 0 Å². The van der Waals surface area contributed by atoms with Gasteiger partial charge in [-0.05, 0) is 29.5 Å². The van der Waals surface area contributed by atoms with Gasteiger partial charge in [0.15, 0.2) is 0 Å². The quantitative estimate of drug-likeness (QED) is 0.560. The predicted octanol–water partition coefficient (Wildman–Crippen LogP) is 4.26. The molecule has 5 heteroatoms. The molecule has 144 valence electrons. The number of fused-ring (bicyclic) bond motifs is 1. The lowest BCUT2D eigenvalue weighted by atomic mass is 10.1. The molecule has 1 N–H and O–H groups in total. The number of nitrogens with zero attached hydrogens (tertiary/aromatic N) is 2. The number of nitrogens with one attached hydrogen (secondary N) is 1. The van der Waals surface area contributed by atoms with Crippen LogP contribution in [0.4, 0.5) is 5.69 Å². The van der Waals surface area contributed by atoms with Gasteiger partial charge in [0.2, 0.25) is 5.91 Å². The molecule has 0 fully saturated rings. The number of aromatic nitrogens is 2. The number of anilines is 1. The second kappa shape index (κ2) is 8.10. The lowest BCUT2D eigenvalue weighted by Gasteiger charge is -2.10. The van der Waals surface area contributed by atoms with Crippen LogP contribution in [0.15, 0.2) is 83.7 Å². The first-order chi connectivity index (χ1) is 14.1. The van der Waals surface area contributed by atoms with Crippen molar-refractivity contribution in [1.82, 2.24) is 9.78 Å². The van der Waals surface area contributed by atoms with Crippen LogP contribution in [0.1, 0.15) is 12.5 Å². The van der Waals surface area contributed by atoms with Crippen LogP contribution in [0, 0.1) is 0 Å². The summed E-state index contributed by atoms with van der Waals surface area (Å²) in [5.74, 6) is -0.297. The third-order valence-electron chi connectivity index (χ3n) is 4.88. The maximum Gasteiger partial charge on any atom is 0.267 e. The standard InChI is InChI=1S/C24H21N3O2/c1-2-17-10-12-19(13-11-17)21-14-15-24(29)27(26-21)16-23(28)25-22-9-5-7-18-6-3-4-8-20(18)22/h3-15H,2,16H2,1H3,(H,25,28). The summed E-state index contributed by atoms with van der Waals surface area (Å²) in [6.45, 7) is 1.95. The van der Waals surface area contributed by atoms with Gasteiger partial charge in [-0.3, -0.25) is 9.59 Å². The fourth-order valence-electron chi connectivity index (χ4n) is 3.29. The normalized spacial score (nSPS) is 10.8. The van der Waals surface area contributed by atoms with Crippen molar-refractivity contribution in [3.63, 3.8) is 0 Å². The molecule has 1 heterocycles. The molecule has 0 unspecified atom stereocenters. The third-order valence-corrected chi connectivity index (χ3v) is 4.88. The van der Waals surface area contributed by atoms with Crippen LogP contribution in [-0.4, -0.2) is 15.7 Å². The average molecular weight is 383 g/mol. The van der Waals surface area contributed by atoms with Gasteiger partial charge in [0, 0.05) is 22.7 Å². The van der Waals surface area contributed by atoms with Gasteiger partial charge in [-0.2, -0.15) is 5.10 Å². The predicted molar refractivity (Wildman–Crippen MR) is 116 cm³/mol. The summed E-state index contributed by atoms with van der Waals surface area (Å²) in [5.41, 5.74) is 3.20. The molecular formula is C24H21N3O2. The highest BCUT2D eigenvalue weighted by Crippen LogP contribution is 2.23. The molecule has 0 aliphatic carbocycles. The van der Waals surface area contributed by atoms with E-state index in [-0.39, 0.29) is 18.0 Å². The zero-order chi connectivity index (χ0) is 20.2. The van der Waals surface area contributed by atoms with Crippen LogP contribution in [0.25, 0.3) is 22.0 Å². The molecule has 29 heavy (non-hydrogen) atoms. The highest BCUT2D eigenvalue weighted by Gasteiger charge is 2.10. The molecule has 0 atom stereocenters. The number of aryl methyl sites for hydroxylation is 1. The van der Waals surface area contributed by atoms with E-state index in [1.807, 2.05) is 66.7 Å². The van der Waals surface area contributed by atoms with Crippen LogP contribution in [0.5, 0.6) is 0 Å². The van der Waals surface area contributed by atoms with Crippen LogP contribution in [0.3, 0.4) is 0 Å². The minimum atomic E-state index is -0.313. The SMILES string of the molecule is CCc1ccc(-c2ccc(=O)n(CC(=O)Nc3cccc4ccccc34)n2)cc1. The molecule has 0 aliphatic heterocycles. The lowest BCUT2D eigenvalue weighted by Crippen LogP contribution is -2.29. The number of carbonyl (C=O) groups is 1. The Bertz CT molecular complexity index is 1220. The van der Waals surface area contributed by atoms with E-state index in [1.54, 1.807) is 6.07 Å². The van der Waals surface area contributed by atoms with Crippen LogP contribution < -0.4 is 10.9 Å². The van der Waals surface area contributed by atoms with Gasteiger partial charge in [-0.25, -0.2) is 4.68 Å². The maximum absolute atomic E-state index is 12.6. The van der Waals surface area contributed by atoms with Crippen molar-refractivity contribution in [2.75, 3.05) is 5.32 Å². The summed E-state index contributed by atoms with van der Waals surface area (Å²) in [7, 11) is 0. The van der Waals surface area contributed by atoms with E-state index in [2.05, 4.69) is 17.3 Å². The zero-order valence-electron chi connectivity index (χ0n) is 16.1. The Hall–Kier alpha value is -3.73. The van der Waals surface area contributed by atoms with E-state index in [4.69, 9.17) is 0 Å². The number of amides is 1. The molecule has 0 spiro atoms. The summed E-state index contributed by atoms with van der Waals surface area (Å²) in [6, 6.07) is 24.7. The Balaban J connectivity index is 1.57. The fourth-order valence-corrected chi connectivity index (χ4v) is 3.29. The largest absolute Gasteiger partial charge is 0.324 e. The van der Waals surface area contributed by atoms with Crippen molar-refractivity contribution in [2.45, 2.75) is 19.9 Å². The number of rotatable bonds is 5. The first-order valence-electron chi connectivity index (χ1n) is 9.59. The smallest absolute Gasteiger partial charge is 0.267 e. The summed E-state index contributed by atoms with van der Waals surface area (Å²) < 4.78 is 1.20. The number of carbonyl (C=O) groups excluding carboxylic acids is 1. The Labute approximate surface area is 168 Å². The maximum atomic E-state index is 12.6. The van der Waals surface area contributed by atoms with Gasteiger partial charge in [-0.15, -0.1) is 0 Å². The van der Waals surface area contributed by atoms with E-state index in [1.165, 1.54) is 16.3 Å². The van der Waals surface area contributed by atoms with E-state index in [0.29, 0.717) is 11.4 Å². The van der Waals surface area contributed by atoms with Gasteiger partial charge in [0.25, 0.3) is 5.56 Å². The van der Waals surface area contributed by atoms with Crippen molar-refractivity contribution in [3.8, 4) is 11.3 Å². The Kier molecular flexibility index (Phi) is 5.20. The average Bonchev–Trinajstić information content (AvgIpc) is 2.75. The third kappa shape index (κ3) is 4.09. The topological polar surface area (TPSA) is 64.0 Å². The van der Waals surface area contributed by atoms with Crippen LogP contribution >= 0.6 is 0 Å². The van der Waals surface area contributed by atoms with Crippen LogP contribution in [-0.2, 0) is 17.8 Å².